The van der Waals surface area contributed by atoms with Gasteiger partial charge in [-0.15, -0.1) is 0 Å². The molecule has 1 nitrogen and oxygen atoms in total. The third-order valence-corrected chi connectivity index (χ3v) is 2.30. The molecule has 0 saturated heterocycles. The van der Waals surface area contributed by atoms with E-state index in [1.54, 1.807) is 0 Å². The van der Waals surface area contributed by atoms with E-state index in [9.17, 15) is 0 Å². The molecule has 0 radical (unpaired) electrons. The van der Waals surface area contributed by atoms with E-state index in [-0.39, 0.29) is 0 Å². The number of rotatable bonds is 4. The monoisotopic (exact) mass is 259 g/mol. The number of benzene rings is 1. The van der Waals surface area contributed by atoms with Crippen LogP contribution in [0.1, 0.15) is 5.56 Å². The van der Waals surface area contributed by atoms with Gasteiger partial charge in [-0.05, 0) is 17.7 Å². The Bertz CT molecular complexity index is 269. The summed E-state index contributed by atoms with van der Waals surface area (Å²) in [6, 6.07) is 8.24. The zero-order chi connectivity index (χ0) is 9.52. The topological polar surface area (TPSA) is 12.0 Å². The van der Waals surface area contributed by atoms with Crippen LogP contribution in [0.3, 0.4) is 0 Å². The molecule has 0 heterocycles. The minimum Gasteiger partial charge on any atom is -0.309 e. The second kappa shape index (κ2) is 6.19. The van der Waals surface area contributed by atoms with Crippen LogP contribution >= 0.6 is 27.5 Å². The third kappa shape index (κ3) is 4.46. The van der Waals surface area contributed by atoms with Crippen LogP contribution in [0.15, 0.2) is 40.3 Å². The van der Waals surface area contributed by atoms with Crippen molar-refractivity contribution in [3.63, 3.8) is 0 Å². The van der Waals surface area contributed by atoms with Crippen LogP contribution in [0.4, 0.5) is 0 Å². The average Bonchev–Trinajstić information content (AvgIpc) is 2.15. The molecule has 0 atom stereocenters. The number of hydrogen-bond donors (Lipinski definition) is 1. The molecule has 0 aromatic heterocycles. The van der Waals surface area contributed by atoms with Gasteiger partial charge in [0.15, 0.2) is 0 Å². The number of halogens is 2. The highest BCUT2D eigenvalue weighted by atomic mass is 79.9. The van der Waals surface area contributed by atoms with E-state index in [1.807, 2.05) is 18.2 Å². The Balaban J connectivity index is 2.33. The fourth-order valence-electron chi connectivity index (χ4n) is 0.947. The van der Waals surface area contributed by atoms with E-state index in [2.05, 4.69) is 33.4 Å². The highest BCUT2D eigenvalue weighted by Gasteiger charge is 1.90. The van der Waals surface area contributed by atoms with Crippen LogP contribution < -0.4 is 5.32 Å². The van der Waals surface area contributed by atoms with E-state index in [4.69, 9.17) is 11.6 Å². The van der Waals surface area contributed by atoms with Crippen molar-refractivity contribution in [2.24, 2.45) is 0 Å². The molecule has 3 heteroatoms. The van der Waals surface area contributed by atoms with Gasteiger partial charge in [0.25, 0.3) is 0 Å². The standard InChI is InChI=1S/C10H11BrClN/c11-10-4-2-9(3-5-10)8-13-7-1-6-12/h1-6,13H,7-8H2/b6-1+. The van der Waals surface area contributed by atoms with Crippen molar-refractivity contribution in [2.45, 2.75) is 6.54 Å². The Kier molecular flexibility index (Phi) is 5.13. The van der Waals surface area contributed by atoms with Gasteiger partial charge in [-0.1, -0.05) is 45.7 Å². The highest BCUT2D eigenvalue weighted by molar-refractivity contribution is 9.10. The van der Waals surface area contributed by atoms with Gasteiger partial charge in [0.1, 0.15) is 0 Å². The Hall–Kier alpha value is -0.310. The largest absolute Gasteiger partial charge is 0.309 e. The van der Waals surface area contributed by atoms with Crippen LogP contribution in [0.5, 0.6) is 0 Å². The normalized spacial score (nSPS) is 10.9. The van der Waals surface area contributed by atoms with Crippen molar-refractivity contribution in [3.05, 3.63) is 45.9 Å². The predicted molar refractivity (Wildman–Crippen MR) is 60.8 cm³/mol. The smallest absolute Gasteiger partial charge is 0.0208 e. The number of nitrogens with one attached hydrogen (secondary N) is 1. The van der Waals surface area contributed by atoms with Gasteiger partial charge < -0.3 is 5.32 Å². The van der Waals surface area contributed by atoms with Gasteiger partial charge in [-0.25, -0.2) is 0 Å². The molecule has 0 aliphatic carbocycles. The first-order valence-corrected chi connectivity index (χ1v) is 5.26. The Morgan fingerprint density at radius 2 is 2.00 bits per heavy atom. The summed E-state index contributed by atoms with van der Waals surface area (Å²) in [5, 5.41) is 3.24. The first-order valence-electron chi connectivity index (χ1n) is 4.03. The van der Waals surface area contributed by atoms with Crippen LogP contribution in [-0.4, -0.2) is 6.54 Å². The van der Waals surface area contributed by atoms with Crippen LogP contribution in [0.25, 0.3) is 0 Å². The maximum Gasteiger partial charge on any atom is 0.0208 e. The van der Waals surface area contributed by atoms with Crippen LogP contribution in [0.2, 0.25) is 0 Å². The third-order valence-electron chi connectivity index (χ3n) is 1.59. The van der Waals surface area contributed by atoms with Gasteiger partial charge in [0.05, 0.1) is 0 Å². The molecule has 0 aliphatic rings. The van der Waals surface area contributed by atoms with E-state index in [0.717, 1.165) is 17.6 Å². The predicted octanol–water partition coefficient (Wildman–Crippen LogP) is 3.29. The average molecular weight is 261 g/mol. The van der Waals surface area contributed by atoms with E-state index in [0.29, 0.717) is 0 Å². The van der Waals surface area contributed by atoms with E-state index < -0.39 is 0 Å². The van der Waals surface area contributed by atoms with Gasteiger partial charge in [-0.3, -0.25) is 0 Å². The molecule has 0 amide bonds. The molecule has 0 bridgehead atoms. The summed E-state index contributed by atoms with van der Waals surface area (Å²) in [5.41, 5.74) is 2.79. The Morgan fingerprint density at radius 1 is 1.31 bits per heavy atom. The molecule has 0 aliphatic heterocycles. The van der Waals surface area contributed by atoms with Crippen molar-refractivity contribution in [2.75, 3.05) is 6.54 Å². The molecule has 1 aromatic carbocycles. The molecule has 1 rings (SSSR count). The molecule has 0 spiro atoms. The lowest BCUT2D eigenvalue weighted by Crippen LogP contribution is -2.12. The molecule has 1 N–H and O–H groups in total. The van der Waals surface area contributed by atoms with Crippen molar-refractivity contribution >= 4 is 27.5 Å². The van der Waals surface area contributed by atoms with Gasteiger partial charge in [0.2, 0.25) is 0 Å². The summed E-state index contributed by atoms with van der Waals surface area (Å²) >= 11 is 8.77. The molecular formula is C10H11BrClN. The molecular weight excluding hydrogens is 249 g/mol. The van der Waals surface area contributed by atoms with Crippen molar-refractivity contribution < 1.29 is 0 Å². The molecule has 70 valence electrons. The van der Waals surface area contributed by atoms with E-state index in [1.165, 1.54) is 11.1 Å². The first kappa shape index (κ1) is 10.8. The quantitative estimate of drug-likeness (QED) is 0.819. The van der Waals surface area contributed by atoms with Crippen molar-refractivity contribution in [1.82, 2.24) is 5.32 Å². The van der Waals surface area contributed by atoms with E-state index >= 15 is 0 Å². The second-order valence-electron chi connectivity index (χ2n) is 2.62. The minimum absolute atomic E-state index is 0.805. The molecule has 1 aromatic rings. The lowest BCUT2D eigenvalue weighted by molar-refractivity contribution is 0.760. The van der Waals surface area contributed by atoms with Gasteiger partial charge in [-0.2, -0.15) is 0 Å². The second-order valence-corrected chi connectivity index (χ2v) is 3.79. The minimum atomic E-state index is 0.805. The van der Waals surface area contributed by atoms with Crippen LogP contribution in [0, 0.1) is 0 Å². The maximum absolute atomic E-state index is 5.38. The fourth-order valence-corrected chi connectivity index (χ4v) is 1.30. The summed E-state index contributed by atoms with van der Waals surface area (Å²) in [5.74, 6) is 0. The van der Waals surface area contributed by atoms with Gasteiger partial charge in [0, 0.05) is 23.1 Å². The molecule has 13 heavy (non-hydrogen) atoms. The van der Waals surface area contributed by atoms with Gasteiger partial charge >= 0.3 is 0 Å². The highest BCUT2D eigenvalue weighted by Crippen LogP contribution is 2.09. The first-order chi connectivity index (χ1) is 6.33. The fraction of sp³-hybridized carbons (Fsp3) is 0.200. The lowest BCUT2D eigenvalue weighted by Gasteiger charge is -2.01. The zero-order valence-electron chi connectivity index (χ0n) is 7.13. The summed E-state index contributed by atoms with van der Waals surface area (Å²) in [7, 11) is 0. The summed E-state index contributed by atoms with van der Waals surface area (Å²) < 4.78 is 1.11. The Labute approximate surface area is 91.9 Å². The lowest BCUT2D eigenvalue weighted by atomic mass is 10.2. The number of hydrogen-bond acceptors (Lipinski definition) is 1. The SMILES string of the molecule is Cl/C=C/CNCc1ccc(Br)cc1. The molecule has 0 unspecified atom stereocenters. The van der Waals surface area contributed by atoms with Crippen LogP contribution in [-0.2, 0) is 6.54 Å². The summed E-state index contributed by atoms with van der Waals surface area (Å²) in [6.07, 6.45) is 1.88. The zero-order valence-corrected chi connectivity index (χ0v) is 9.48. The molecule has 0 saturated carbocycles. The molecule has 0 fully saturated rings. The summed E-state index contributed by atoms with van der Waals surface area (Å²) in [6.45, 7) is 1.67. The maximum atomic E-state index is 5.38. The summed E-state index contributed by atoms with van der Waals surface area (Å²) in [4.78, 5) is 0. The van der Waals surface area contributed by atoms with Crippen molar-refractivity contribution in [3.8, 4) is 0 Å². The Morgan fingerprint density at radius 3 is 2.62 bits per heavy atom. The van der Waals surface area contributed by atoms with Crippen molar-refractivity contribution in [1.29, 1.82) is 0 Å².